The number of nitrogens with one attached hydrogen (secondary N) is 2. The summed E-state index contributed by atoms with van der Waals surface area (Å²) in [4.78, 5) is 0. The highest BCUT2D eigenvalue weighted by atomic mass is 19.2. The normalized spacial score (nSPS) is 10.5. The average molecular weight is 222 g/mol. The van der Waals surface area contributed by atoms with Crippen LogP contribution in [-0.2, 0) is 0 Å². The van der Waals surface area contributed by atoms with E-state index in [1.165, 1.54) is 6.07 Å². The standard InChI is InChI=1S/C12H12F2N2/c1-15-10-5-3-4-7-8(10)6-9(13)11(14)12(7)16-2/h3-6,15-16H,1-2H3. The molecule has 0 bridgehead atoms. The van der Waals surface area contributed by atoms with Gasteiger partial charge >= 0.3 is 0 Å². The Hall–Kier alpha value is -1.84. The minimum Gasteiger partial charge on any atom is -0.388 e. The molecular weight excluding hydrogens is 210 g/mol. The van der Waals surface area contributed by atoms with Crippen LogP contribution in [-0.4, -0.2) is 14.1 Å². The SMILES string of the molecule is CNc1cccc2c(NC)c(F)c(F)cc12. The van der Waals surface area contributed by atoms with Crippen LogP contribution < -0.4 is 10.6 Å². The molecule has 84 valence electrons. The highest BCUT2D eigenvalue weighted by molar-refractivity contribution is 6.01. The number of halogens is 2. The quantitative estimate of drug-likeness (QED) is 0.815. The van der Waals surface area contributed by atoms with Crippen molar-refractivity contribution in [3.8, 4) is 0 Å². The molecule has 0 aliphatic carbocycles. The zero-order valence-corrected chi connectivity index (χ0v) is 9.07. The Labute approximate surface area is 92.3 Å². The van der Waals surface area contributed by atoms with Gasteiger partial charge in [0.05, 0.1) is 5.69 Å². The summed E-state index contributed by atoms with van der Waals surface area (Å²) >= 11 is 0. The van der Waals surface area contributed by atoms with E-state index < -0.39 is 11.6 Å². The lowest BCUT2D eigenvalue weighted by Gasteiger charge is -2.11. The van der Waals surface area contributed by atoms with Crippen molar-refractivity contribution in [2.75, 3.05) is 24.7 Å². The van der Waals surface area contributed by atoms with Gasteiger partial charge in [0.2, 0.25) is 0 Å². The monoisotopic (exact) mass is 222 g/mol. The van der Waals surface area contributed by atoms with Crippen LogP contribution in [0.1, 0.15) is 0 Å². The van der Waals surface area contributed by atoms with E-state index in [1.807, 2.05) is 6.07 Å². The Bertz CT molecular complexity index is 538. The van der Waals surface area contributed by atoms with Crippen molar-refractivity contribution in [3.63, 3.8) is 0 Å². The molecule has 16 heavy (non-hydrogen) atoms. The molecule has 0 aliphatic heterocycles. The zero-order chi connectivity index (χ0) is 11.7. The molecule has 0 spiro atoms. The molecule has 0 saturated heterocycles. The van der Waals surface area contributed by atoms with Crippen molar-refractivity contribution in [1.29, 1.82) is 0 Å². The Kier molecular flexibility index (Phi) is 2.64. The predicted octanol–water partition coefficient (Wildman–Crippen LogP) is 3.20. The van der Waals surface area contributed by atoms with E-state index in [-0.39, 0.29) is 5.69 Å². The smallest absolute Gasteiger partial charge is 0.182 e. The first-order chi connectivity index (χ1) is 7.69. The molecule has 0 fully saturated rings. The van der Waals surface area contributed by atoms with E-state index in [4.69, 9.17) is 0 Å². The molecule has 2 aromatic carbocycles. The second-order valence-corrected chi connectivity index (χ2v) is 3.45. The van der Waals surface area contributed by atoms with Crippen molar-refractivity contribution in [3.05, 3.63) is 35.9 Å². The van der Waals surface area contributed by atoms with E-state index in [0.29, 0.717) is 10.8 Å². The van der Waals surface area contributed by atoms with Gasteiger partial charge in [0.25, 0.3) is 0 Å². The number of hydrogen-bond donors (Lipinski definition) is 2. The van der Waals surface area contributed by atoms with E-state index in [2.05, 4.69) is 10.6 Å². The minimum atomic E-state index is -0.848. The van der Waals surface area contributed by atoms with Gasteiger partial charge in [-0.2, -0.15) is 0 Å². The lowest BCUT2D eigenvalue weighted by Crippen LogP contribution is -1.99. The molecule has 0 heterocycles. The summed E-state index contributed by atoms with van der Waals surface area (Å²) in [5.74, 6) is -1.69. The number of fused-ring (bicyclic) bond motifs is 1. The van der Waals surface area contributed by atoms with Crippen LogP contribution in [0.3, 0.4) is 0 Å². The first-order valence-electron chi connectivity index (χ1n) is 4.95. The van der Waals surface area contributed by atoms with Crippen LogP contribution in [0.2, 0.25) is 0 Å². The predicted molar refractivity (Wildman–Crippen MR) is 63.0 cm³/mol. The Morgan fingerprint density at radius 1 is 1.00 bits per heavy atom. The van der Waals surface area contributed by atoms with E-state index >= 15 is 0 Å². The maximum absolute atomic E-state index is 13.5. The molecular formula is C12H12F2N2. The topological polar surface area (TPSA) is 24.1 Å². The van der Waals surface area contributed by atoms with Gasteiger partial charge in [-0.15, -0.1) is 0 Å². The fraction of sp³-hybridized carbons (Fsp3) is 0.167. The molecule has 0 atom stereocenters. The van der Waals surface area contributed by atoms with Gasteiger partial charge in [0, 0.05) is 30.6 Å². The van der Waals surface area contributed by atoms with Gasteiger partial charge in [-0.3, -0.25) is 0 Å². The van der Waals surface area contributed by atoms with Crippen molar-refractivity contribution in [1.82, 2.24) is 0 Å². The third-order valence-electron chi connectivity index (χ3n) is 2.60. The summed E-state index contributed by atoms with van der Waals surface area (Å²) in [7, 11) is 3.32. The molecule has 4 heteroatoms. The van der Waals surface area contributed by atoms with Gasteiger partial charge in [-0.25, -0.2) is 8.78 Å². The van der Waals surface area contributed by atoms with Crippen LogP contribution in [0.25, 0.3) is 10.8 Å². The zero-order valence-electron chi connectivity index (χ0n) is 9.07. The van der Waals surface area contributed by atoms with Crippen molar-refractivity contribution in [2.24, 2.45) is 0 Å². The second-order valence-electron chi connectivity index (χ2n) is 3.45. The highest BCUT2D eigenvalue weighted by Gasteiger charge is 2.13. The number of hydrogen-bond acceptors (Lipinski definition) is 2. The van der Waals surface area contributed by atoms with Crippen LogP contribution in [0.15, 0.2) is 24.3 Å². The third kappa shape index (κ3) is 1.46. The molecule has 0 saturated carbocycles. The van der Waals surface area contributed by atoms with E-state index in [0.717, 1.165) is 5.69 Å². The fourth-order valence-electron chi connectivity index (χ4n) is 1.83. The number of anilines is 2. The first-order valence-corrected chi connectivity index (χ1v) is 4.95. The largest absolute Gasteiger partial charge is 0.388 e. The maximum Gasteiger partial charge on any atom is 0.182 e. The summed E-state index contributed by atoms with van der Waals surface area (Å²) in [6.07, 6.45) is 0. The molecule has 2 aromatic rings. The molecule has 0 aromatic heterocycles. The fourth-order valence-corrected chi connectivity index (χ4v) is 1.83. The van der Waals surface area contributed by atoms with Crippen LogP contribution >= 0.6 is 0 Å². The molecule has 0 unspecified atom stereocenters. The van der Waals surface area contributed by atoms with Crippen molar-refractivity contribution in [2.45, 2.75) is 0 Å². The summed E-state index contributed by atoms with van der Waals surface area (Å²) < 4.78 is 26.9. The Morgan fingerprint density at radius 3 is 2.38 bits per heavy atom. The van der Waals surface area contributed by atoms with Gasteiger partial charge in [0.15, 0.2) is 11.6 Å². The molecule has 0 aliphatic rings. The van der Waals surface area contributed by atoms with Crippen LogP contribution in [0.4, 0.5) is 20.2 Å². The summed E-state index contributed by atoms with van der Waals surface area (Å²) in [6.45, 7) is 0. The Morgan fingerprint density at radius 2 is 1.75 bits per heavy atom. The minimum absolute atomic E-state index is 0.187. The molecule has 2 N–H and O–H groups in total. The first kappa shape index (κ1) is 10.7. The summed E-state index contributed by atoms with van der Waals surface area (Å²) in [5, 5.41) is 6.96. The molecule has 2 nitrogen and oxygen atoms in total. The molecule has 0 radical (unpaired) electrons. The average Bonchev–Trinajstić information content (AvgIpc) is 2.30. The van der Waals surface area contributed by atoms with Gasteiger partial charge in [0.1, 0.15) is 0 Å². The Balaban J connectivity index is 2.89. The van der Waals surface area contributed by atoms with Gasteiger partial charge in [-0.1, -0.05) is 12.1 Å². The van der Waals surface area contributed by atoms with Crippen molar-refractivity contribution >= 4 is 22.1 Å². The van der Waals surface area contributed by atoms with Crippen molar-refractivity contribution < 1.29 is 8.78 Å². The lowest BCUT2D eigenvalue weighted by molar-refractivity contribution is 0.513. The highest BCUT2D eigenvalue weighted by Crippen LogP contribution is 2.32. The van der Waals surface area contributed by atoms with E-state index in [9.17, 15) is 8.78 Å². The van der Waals surface area contributed by atoms with Crippen LogP contribution in [0.5, 0.6) is 0 Å². The van der Waals surface area contributed by atoms with E-state index in [1.54, 1.807) is 26.2 Å². The second kappa shape index (κ2) is 3.96. The summed E-state index contributed by atoms with van der Waals surface area (Å²) in [5.41, 5.74) is 0.958. The number of rotatable bonds is 2. The van der Waals surface area contributed by atoms with Crippen LogP contribution in [0, 0.1) is 11.6 Å². The third-order valence-corrected chi connectivity index (χ3v) is 2.60. The van der Waals surface area contributed by atoms with Gasteiger partial charge < -0.3 is 10.6 Å². The number of benzene rings is 2. The molecule has 2 rings (SSSR count). The summed E-state index contributed by atoms with van der Waals surface area (Å²) in [6, 6.07) is 6.58. The molecule has 0 amide bonds. The van der Waals surface area contributed by atoms with Gasteiger partial charge in [-0.05, 0) is 12.1 Å². The maximum atomic E-state index is 13.5. The lowest BCUT2D eigenvalue weighted by atomic mass is 10.1.